The molecule has 0 aromatic heterocycles. The van der Waals surface area contributed by atoms with Gasteiger partial charge in [-0.3, -0.25) is 4.79 Å². The standard InChI is InChI=1S/C14H23NO6/c1-14(2,3)21-13(19)15-10(8-11(16)17)12(18)20-9-6-4-5-7-9/h9-10H,4-8H2,1-3H3,(H,15,19)(H,16,17). The van der Waals surface area contributed by atoms with Crippen molar-refractivity contribution < 1.29 is 29.0 Å². The Kier molecular flexibility index (Phi) is 5.99. The number of carboxylic acids is 1. The van der Waals surface area contributed by atoms with Crippen LogP contribution in [-0.2, 0) is 19.1 Å². The van der Waals surface area contributed by atoms with Crippen molar-refractivity contribution in [3.63, 3.8) is 0 Å². The van der Waals surface area contributed by atoms with Crippen molar-refractivity contribution in [2.45, 2.75) is 70.6 Å². The third-order valence-corrected chi connectivity index (χ3v) is 2.94. The van der Waals surface area contributed by atoms with Crippen molar-refractivity contribution in [1.82, 2.24) is 5.32 Å². The number of carboxylic acid groups (broad SMARTS) is 1. The van der Waals surface area contributed by atoms with Gasteiger partial charge in [-0.1, -0.05) is 0 Å². The third-order valence-electron chi connectivity index (χ3n) is 2.94. The molecule has 21 heavy (non-hydrogen) atoms. The van der Waals surface area contributed by atoms with E-state index < -0.39 is 36.1 Å². The number of amides is 1. The van der Waals surface area contributed by atoms with Gasteiger partial charge in [0, 0.05) is 0 Å². The van der Waals surface area contributed by atoms with Gasteiger partial charge in [0.1, 0.15) is 17.7 Å². The predicted octanol–water partition coefficient (Wildman–Crippen LogP) is 1.84. The molecule has 0 spiro atoms. The van der Waals surface area contributed by atoms with Crippen molar-refractivity contribution in [2.24, 2.45) is 0 Å². The Balaban J connectivity index is 2.59. The van der Waals surface area contributed by atoms with E-state index in [9.17, 15) is 14.4 Å². The molecule has 0 radical (unpaired) electrons. The average Bonchev–Trinajstić information content (AvgIpc) is 2.77. The fourth-order valence-electron chi connectivity index (χ4n) is 2.07. The second-order valence-corrected chi connectivity index (χ2v) is 6.14. The molecule has 1 unspecified atom stereocenters. The molecule has 0 aromatic carbocycles. The number of alkyl carbamates (subject to hydrolysis) is 1. The number of ether oxygens (including phenoxy) is 2. The molecule has 1 atom stereocenters. The number of rotatable bonds is 5. The highest BCUT2D eigenvalue weighted by atomic mass is 16.6. The summed E-state index contributed by atoms with van der Waals surface area (Å²) in [5.41, 5.74) is -0.729. The summed E-state index contributed by atoms with van der Waals surface area (Å²) in [6.45, 7) is 5.03. The van der Waals surface area contributed by atoms with Crippen LogP contribution in [0.2, 0.25) is 0 Å². The van der Waals surface area contributed by atoms with E-state index >= 15 is 0 Å². The first-order chi connectivity index (χ1) is 9.67. The van der Waals surface area contributed by atoms with Crippen LogP contribution in [0.4, 0.5) is 4.79 Å². The highest BCUT2D eigenvalue weighted by molar-refractivity contribution is 5.85. The number of esters is 1. The molecule has 1 amide bonds. The summed E-state index contributed by atoms with van der Waals surface area (Å²) in [5, 5.41) is 11.1. The van der Waals surface area contributed by atoms with Gasteiger partial charge in [0.05, 0.1) is 6.42 Å². The lowest BCUT2D eigenvalue weighted by atomic mass is 10.2. The maximum atomic E-state index is 12.0. The monoisotopic (exact) mass is 301 g/mol. The van der Waals surface area contributed by atoms with Gasteiger partial charge in [0.2, 0.25) is 0 Å². The van der Waals surface area contributed by atoms with E-state index in [0.29, 0.717) is 0 Å². The van der Waals surface area contributed by atoms with E-state index in [0.717, 1.165) is 25.7 Å². The number of nitrogens with one attached hydrogen (secondary N) is 1. The molecule has 0 saturated heterocycles. The van der Waals surface area contributed by atoms with Gasteiger partial charge < -0.3 is 19.9 Å². The van der Waals surface area contributed by atoms with Gasteiger partial charge in [0.25, 0.3) is 0 Å². The average molecular weight is 301 g/mol. The summed E-state index contributed by atoms with van der Waals surface area (Å²) < 4.78 is 10.3. The lowest BCUT2D eigenvalue weighted by Crippen LogP contribution is -2.46. The van der Waals surface area contributed by atoms with E-state index in [-0.39, 0.29) is 6.10 Å². The van der Waals surface area contributed by atoms with E-state index in [2.05, 4.69) is 5.32 Å². The van der Waals surface area contributed by atoms with Crippen LogP contribution in [0.25, 0.3) is 0 Å². The van der Waals surface area contributed by atoms with Gasteiger partial charge in [-0.25, -0.2) is 9.59 Å². The van der Waals surface area contributed by atoms with Crippen LogP contribution in [0.15, 0.2) is 0 Å². The molecule has 0 aliphatic heterocycles. The van der Waals surface area contributed by atoms with Crippen molar-refractivity contribution in [3.8, 4) is 0 Å². The van der Waals surface area contributed by atoms with Crippen LogP contribution in [0.5, 0.6) is 0 Å². The van der Waals surface area contributed by atoms with Crippen LogP contribution in [-0.4, -0.2) is 40.9 Å². The SMILES string of the molecule is CC(C)(C)OC(=O)NC(CC(=O)O)C(=O)OC1CCCC1. The lowest BCUT2D eigenvalue weighted by molar-refractivity contribution is -0.154. The Morgan fingerprint density at radius 3 is 2.29 bits per heavy atom. The second kappa shape index (κ2) is 7.28. The number of hydrogen-bond acceptors (Lipinski definition) is 5. The zero-order valence-electron chi connectivity index (χ0n) is 12.7. The summed E-state index contributed by atoms with van der Waals surface area (Å²) in [6, 6.07) is -1.24. The molecule has 0 heterocycles. The Morgan fingerprint density at radius 2 is 1.81 bits per heavy atom. The number of carbonyl (C=O) groups is 3. The summed E-state index contributed by atoms with van der Waals surface area (Å²) in [6.07, 6.45) is 1.97. The van der Waals surface area contributed by atoms with Crippen LogP contribution < -0.4 is 5.32 Å². The highest BCUT2D eigenvalue weighted by Crippen LogP contribution is 2.21. The highest BCUT2D eigenvalue weighted by Gasteiger charge is 2.30. The first-order valence-corrected chi connectivity index (χ1v) is 7.09. The van der Waals surface area contributed by atoms with E-state index in [1.807, 2.05) is 0 Å². The quantitative estimate of drug-likeness (QED) is 0.751. The van der Waals surface area contributed by atoms with Gasteiger partial charge in [-0.05, 0) is 46.5 Å². The maximum Gasteiger partial charge on any atom is 0.408 e. The fraction of sp³-hybridized carbons (Fsp3) is 0.786. The van der Waals surface area contributed by atoms with Crippen molar-refractivity contribution >= 4 is 18.0 Å². The molecule has 1 aliphatic carbocycles. The van der Waals surface area contributed by atoms with E-state index in [1.54, 1.807) is 20.8 Å². The number of carbonyl (C=O) groups excluding carboxylic acids is 2. The molecule has 1 rings (SSSR count). The maximum absolute atomic E-state index is 12.0. The third kappa shape index (κ3) is 6.97. The molecule has 1 fully saturated rings. The molecule has 0 bridgehead atoms. The Bertz CT molecular complexity index is 395. The van der Waals surface area contributed by atoms with Crippen molar-refractivity contribution in [3.05, 3.63) is 0 Å². The molecular formula is C14H23NO6. The predicted molar refractivity (Wildman–Crippen MR) is 73.8 cm³/mol. The fourth-order valence-corrected chi connectivity index (χ4v) is 2.07. The van der Waals surface area contributed by atoms with Gasteiger partial charge in [0.15, 0.2) is 0 Å². The second-order valence-electron chi connectivity index (χ2n) is 6.14. The first kappa shape index (κ1) is 17.3. The molecule has 7 nitrogen and oxygen atoms in total. The normalized spacial score (nSPS) is 17.1. The molecule has 1 saturated carbocycles. The summed E-state index contributed by atoms with van der Waals surface area (Å²) >= 11 is 0. The zero-order valence-corrected chi connectivity index (χ0v) is 12.7. The zero-order chi connectivity index (χ0) is 16.0. The lowest BCUT2D eigenvalue weighted by Gasteiger charge is -2.23. The van der Waals surface area contributed by atoms with Crippen LogP contribution in [0.1, 0.15) is 52.9 Å². The topological polar surface area (TPSA) is 102 Å². The summed E-state index contributed by atoms with van der Waals surface area (Å²) in [5.74, 6) is -1.92. The minimum atomic E-state index is -1.24. The van der Waals surface area contributed by atoms with Crippen molar-refractivity contribution in [1.29, 1.82) is 0 Å². The minimum Gasteiger partial charge on any atom is -0.481 e. The first-order valence-electron chi connectivity index (χ1n) is 7.09. The molecule has 120 valence electrons. The Labute approximate surface area is 124 Å². The smallest absolute Gasteiger partial charge is 0.408 e. The molecule has 0 aromatic rings. The number of aliphatic carboxylic acids is 1. The molecular weight excluding hydrogens is 278 g/mol. The Hall–Kier alpha value is -1.79. The van der Waals surface area contributed by atoms with Gasteiger partial charge in [-0.15, -0.1) is 0 Å². The van der Waals surface area contributed by atoms with Crippen LogP contribution >= 0.6 is 0 Å². The van der Waals surface area contributed by atoms with Crippen LogP contribution in [0.3, 0.4) is 0 Å². The van der Waals surface area contributed by atoms with E-state index in [4.69, 9.17) is 14.6 Å². The molecule has 1 aliphatic rings. The van der Waals surface area contributed by atoms with Crippen LogP contribution in [0, 0.1) is 0 Å². The van der Waals surface area contributed by atoms with Crippen molar-refractivity contribution in [2.75, 3.05) is 0 Å². The minimum absolute atomic E-state index is 0.186. The summed E-state index contributed by atoms with van der Waals surface area (Å²) in [7, 11) is 0. The largest absolute Gasteiger partial charge is 0.481 e. The molecule has 2 N–H and O–H groups in total. The van der Waals surface area contributed by atoms with E-state index in [1.165, 1.54) is 0 Å². The summed E-state index contributed by atoms with van der Waals surface area (Å²) in [4.78, 5) is 34.5. The van der Waals surface area contributed by atoms with Gasteiger partial charge in [-0.2, -0.15) is 0 Å². The van der Waals surface area contributed by atoms with Gasteiger partial charge >= 0.3 is 18.0 Å². The molecule has 7 heteroatoms. The number of hydrogen-bond donors (Lipinski definition) is 2. The Morgan fingerprint density at radius 1 is 1.24 bits per heavy atom.